The second-order valence-corrected chi connectivity index (χ2v) is 7.84. The van der Waals surface area contributed by atoms with Crippen LogP contribution in [0.15, 0.2) is 42.0 Å². The van der Waals surface area contributed by atoms with Gasteiger partial charge < -0.3 is 10.6 Å². The number of hydrogen-bond acceptors (Lipinski definition) is 5. The molecule has 0 saturated carbocycles. The maximum atomic E-state index is 6.67. The molecule has 1 aromatic carbocycles. The van der Waals surface area contributed by atoms with Crippen LogP contribution in [0.3, 0.4) is 0 Å². The number of benzene rings is 1. The van der Waals surface area contributed by atoms with Gasteiger partial charge in [0.2, 0.25) is 0 Å². The van der Waals surface area contributed by atoms with Gasteiger partial charge in [-0.1, -0.05) is 23.7 Å². The maximum Gasteiger partial charge on any atom is 0.150 e. The van der Waals surface area contributed by atoms with Crippen LogP contribution in [0.1, 0.15) is 18.4 Å². The predicted octanol–water partition coefficient (Wildman–Crippen LogP) is 3.89. The fourth-order valence-electron chi connectivity index (χ4n) is 3.35. The summed E-state index contributed by atoms with van der Waals surface area (Å²) in [7, 11) is 0. The number of halogens is 1. The minimum Gasteiger partial charge on any atom is -0.355 e. The van der Waals surface area contributed by atoms with Crippen LogP contribution >= 0.6 is 22.9 Å². The normalized spacial score (nSPS) is 17.3. The second kappa shape index (κ2) is 6.31. The monoisotopic (exact) mass is 358 g/mol. The Morgan fingerprint density at radius 3 is 2.62 bits per heavy atom. The molecule has 0 atom stereocenters. The predicted molar refractivity (Wildman–Crippen MR) is 101 cm³/mol. The Hall–Kier alpha value is -1.69. The van der Waals surface area contributed by atoms with Crippen molar-refractivity contribution < 1.29 is 0 Å². The molecule has 1 aliphatic heterocycles. The largest absolute Gasteiger partial charge is 0.355 e. The lowest BCUT2D eigenvalue weighted by molar-refractivity contribution is 0.330. The fraction of sp³-hybridized carbons (Fsp3) is 0.333. The summed E-state index contributed by atoms with van der Waals surface area (Å²) in [5.74, 6) is 1.04. The van der Waals surface area contributed by atoms with Gasteiger partial charge in [-0.05, 0) is 48.4 Å². The van der Waals surface area contributed by atoms with Gasteiger partial charge in [-0.15, -0.1) is 11.3 Å². The third kappa shape index (κ3) is 3.11. The Morgan fingerprint density at radius 1 is 1.12 bits per heavy atom. The van der Waals surface area contributed by atoms with Gasteiger partial charge in [-0.25, -0.2) is 9.97 Å². The fourth-order valence-corrected chi connectivity index (χ4v) is 4.34. The summed E-state index contributed by atoms with van der Waals surface area (Å²) in [4.78, 5) is 11.2. The minimum absolute atomic E-state index is 0.161. The van der Waals surface area contributed by atoms with Gasteiger partial charge in [0.05, 0.1) is 10.2 Å². The van der Waals surface area contributed by atoms with E-state index in [1.165, 1.54) is 10.3 Å². The summed E-state index contributed by atoms with van der Waals surface area (Å²) in [5, 5.41) is 2.84. The topological polar surface area (TPSA) is 55.0 Å². The highest BCUT2D eigenvalue weighted by Gasteiger charge is 2.32. The van der Waals surface area contributed by atoms with E-state index in [9.17, 15) is 0 Å². The van der Waals surface area contributed by atoms with Gasteiger partial charge in [-0.2, -0.15) is 0 Å². The summed E-state index contributed by atoms with van der Waals surface area (Å²) in [6, 6.07) is 10.1. The first-order valence-corrected chi connectivity index (χ1v) is 9.35. The van der Waals surface area contributed by atoms with Crippen LogP contribution in [-0.2, 0) is 6.42 Å². The van der Waals surface area contributed by atoms with E-state index in [0.717, 1.165) is 48.7 Å². The molecular formula is C18H19ClN4S. The molecule has 1 saturated heterocycles. The molecule has 2 N–H and O–H groups in total. The second-order valence-electron chi connectivity index (χ2n) is 6.48. The van der Waals surface area contributed by atoms with Crippen LogP contribution in [0.5, 0.6) is 0 Å². The molecule has 0 aliphatic carbocycles. The minimum atomic E-state index is -0.161. The van der Waals surface area contributed by atoms with Crippen molar-refractivity contribution in [1.82, 2.24) is 9.97 Å². The number of aromatic nitrogens is 2. The van der Waals surface area contributed by atoms with Crippen molar-refractivity contribution in [1.29, 1.82) is 0 Å². The molecule has 1 aliphatic rings. The van der Waals surface area contributed by atoms with Gasteiger partial charge in [0, 0.05) is 23.7 Å². The van der Waals surface area contributed by atoms with Crippen molar-refractivity contribution in [3.63, 3.8) is 0 Å². The van der Waals surface area contributed by atoms with Gasteiger partial charge in [0.1, 0.15) is 12.1 Å². The Morgan fingerprint density at radius 2 is 1.88 bits per heavy atom. The molecule has 4 rings (SSSR count). The third-order valence-electron chi connectivity index (χ3n) is 4.75. The Labute approximate surface area is 150 Å². The SMILES string of the molecule is NC1(Cc2ccc(Cl)cc2)CCN(c2ncnc3ccsc23)CC1. The number of rotatable bonds is 3. The van der Waals surface area contributed by atoms with Gasteiger partial charge in [0.25, 0.3) is 0 Å². The zero-order valence-electron chi connectivity index (χ0n) is 13.3. The quantitative estimate of drug-likeness (QED) is 0.771. The van der Waals surface area contributed by atoms with Crippen molar-refractivity contribution in [2.45, 2.75) is 24.8 Å². The molecule has 1 fully saturated rings. The van der Waals surface area contributed by atoms with Crippen LogP contribution in [0.2, 0.25) is 5.02 Å². The van der Waals surface area contributed by atoms with Gasteiger partial charge in [-0.3, -0.25) is 0 Å². The highest BCUT2D eigenvalue weighted by atomic mass is 35.5. The van der Waals surface area contributed by atoms with E-state index in [1.807, 2.05) is 18.2 Å². The summed E-state index contributed by atoms with van der Waals surface area (Å²) >= 11 is 7.67. The molecule has 2 aromatic heterocycles. The lowest BCUT2D eigenvalue weighted by Gasteiger charge is -2.40. The molecular weight excluding hydrogens is 340 g/mol. The molecule has 0 spiro atoms. The molecule has 3 heterocycles. The molecule has 4 nitrogen and oxygen atoms in total. The molecule has 0 radical (unpaired) electrons. The van der Waals surface area contributed by atoms with Crippen LogP contribution in [-0.4, -0.2) is 28.6 Å². The first kappa shape index (κ1) is 15.8. The first-order valence-electron chi connectivity index (χ1n) is 8.09. The van der Waals surface area contributed by atoms with E-state index in [4.69, 9.17) is 17.3 Å². The number of nitrogens with zero attached hydrogens (tertiary/aromatic N) is 3. The van der Waals surface area contributed by atoms with Gasteiger partial charge >= 0.3 is 0 Å². The molecule has 0 unspecified atom stereocenters. The first-order chi connectivity index (χ1) is 11.6. The number of thiophene rings is 1. The lowest BCUT2D eigenvalue weighted by Crippen LogP contribution is -2.52. The lowest BCUT2D eigenvalue weighted by atomic mass is 9.83. The van der Waals surface area contributed by atoms with E-state index in [-0.39, 0.29) is 5.54 Å². The van der Waals surface area contributed by atoms with Crippen LogP contribution in [0, 0.1) is 0 Å². The number of hydrogen-bond donors (Lipinski definition) is 1. The number of anilines is 1. The average Bonchev–Trinajstić information content (AvgIpc) is 3.06. The zero-order chi connectivity index (χ0) is 16.6. The summed E-state index contributed by atoms with van der Waals surface area (Å²) in [6.07, 6.45) is 4.44. The highest BCUT2D eigenvalue weighted by molar-refractivity contribution is 7.17. The number of nitrogens with two attached hydrogens (primary N) is 1. The summed E-state index contributed by atoms with van der Waals surface area (Å²) in [5.41, 5.74) is 8.78. The third-order valence-corrected chi connectivity index (χ3v) is 5.90. The van der Waals surface area contributed by atoms with Gasteiger partial charge in [0.15, 0.2) is 0 Å². The molecule has 3 aromatic rings. The Bertz CT molecular complexity index is 838. The zero-order valence-corrected chi connectivity index (χ0v) is 14.9. The summed E-state index contributed by atoms with van der Waals surface area (Å²) < 4.78 is 1.17. The van der Waals surface area contributed by atoms with Crippen LogP contribution in [0.25, 0.3) is 10.2 Å². The highest BCUT2D eigenvalue weighted by Crippen LogP contribution is 2.32. The van der Waals surface area contributed by atoms with Crippen molar-refractivity contribution in [3.05, 3.63) is 52.6 Å². The van der Waals surface area contributed by atoms with E-state index in [1.54, 1.807) is 17.7 Å². The van der Waals surface area contributed by atoms with E-state index in [2.05, 4.69) is 32.4 Å². The van der Waals surface area contributed by atoms with Crippen molar-refractivity contribution in [2.24, 2.45) is 5.73 Å². The standard InChI is InChI=1S/C18H19ClN4S/c19-14-3-1-13(2-4-14)11-18(20)6-8-23(9-7-18)17-16-15(5-10-24-16)21-12-22-17/h1-5,10,12H,6-9,11,20H2. The average molecular weight is 359 g/mol. The van der Waals surface area contributed by atoms with E-state index in [0.29, 0.717) is 0 Å². The Kier molecular flexibility index (Phi) is 4.16. The molecule has 24 heavy (non-hydrogen) atoms. The molecule has 124 valence electrons. The van der Waals surface area contributed by atoms with Crippen LogP contribution < -0.4 is 10.6 Å². The number of fused-ring (bicyclic) bond motifs is 1. The molecule has 6 heteroatoms. The van der Waals surface area contributed by atoms with Crippen molar-refractivity contribution in [2.75, 3.05) is 18.0 Å². The summed E-state index contributed by atoms with van der Waals surface area (Å²) in [6.45, 7) is 1.85. The van der Waals surface area contributed by atoms with Crippen LogP contribution in [0.4, 0.5) is 5.82 Å². The molecule has 0 bridgehead atoms. The number of piperidine rings is 1. The van der Waals surface area contributed by atoms with E-state index >= 15 is 0 Å². The maximum absolute atomic E-state index is 6.67. The molecule has 0 amide bonds. The Balaban J connectivity index is 1.48. The smallest absolute Gasteiger partial charge is 0.150 e. The van der Waals surface area contributed by atoms with Crippen molar-refractivity contribution in [3.8, 4) is 0 Å². The van der Waals surface area contributed by atoms with Crippen molar-refractivity contribution >= 4 is 39.0 Å². The van der Waals surface area contributed by atoms with E-state index < -0.39 is 0 Å².